The van der Waals surface area contributed by atoms with E-state index in [9.17, 15) is 4.79 Å². The number of carbonyl (C=O) groups is 1. The van der Waals surface area contributed by atoms with Crippen molar-refractivity contribution in [1.29, 1.82) is 0 Å². The minimum absolute atomic E-state index is 0.153. The Morgan fingerprint density at radius 1 is 1.35 bits per heavy atom. The first kappa shape index (κ1) is 14.0. The lowest BCUT2D eigenvalue weighted by Gasteiger charge is -2.31. The highest BCUT2D eigenvalue weighted by atomic mass is 16.1. The molecule has 0 spiro atoms. The largest absolute Gasteiger partial charge is 0.366 e. The van der Waals surface area contributed by atoms with Crippen LogP contribution in [0.5, 0.6) is 0 Å². The first-order valence-electron chi connectivity index (χ1n) is 7.70. The van der Waals surface area contributed by atoms with Gasteiger partial charge in [0.05, 0.1) is 5.39 Å². The summed E-state index contributed by atoms with van der Waals surface area (Å²) in [5.74, 6) is 0.415. The molecule has 1 saturated heterocycles. The minimum atomic E-state index is -0.445. The van der Waals surface area contributed by atoms with E-state index in [1.54, 1.807) is 18.5 Å². The van der Waals surface area contributed by atoms with Crippen LogP contribution in [0.1, 0.15) is 23.2 Å². The lowest BCUT2D eigenvalue weighted by molar-refractivity contribution is 0.100. The molecule has 0 saturated carbocycles. The molecule has 3 heterocycles. The van der Waals surface area contributed by atoms with Gasteiger partial charge in [-0.1, -0.05) is 0 Å². The molecule has 7 nitrogen and oxygen atoms in total. The molecule has 1 unspecified atom stereocenters. The van der Waals surface area contributed by atoms with Gasteiger partial charge in [0.2, 0.25) is 5.91 Å². The number of anilines is 1. The second kappa shape index (κ2) is 5.20. The third-order valence-electron chi connectivity index (χ3n) is 4.41. The van der Waals surface area contributed by atoms with Gasteiger partial charge in [0.15, 0.2) is 0 Å². The summed E-state index contributed by atoms with van der Waals surface area (Å²) in [6.45, 7) is 1.69. The zero-order valence-electron chi connectivity index (χ0n) is 12.6. The standard InChI is InChI=1S/C16H18N6O/c17-10-2-1-5-22(7-10)16-13-11-6-9(14(18)23)3-4-12(11)21-15(13)19-8-20-16/h3-4,6,8,10H,1-2,5,7,17H2,(H2,18,23)(H,19,20,21). The zero-order valence-corrected chi connectivity index (χ0v) is 12.6. The van der Waals surface area contributed by atoms with Crippen LogP contribution in [0.25, 0.3) is 21.9 Å². The fraction of sp³-hybridized carbons (Fsp3) is 0.312. The first-order chi connectivity index (χ1) is 11.1. The molecule has 3 aromatic rings. The number of fused-ring (bicyclic) bond motifs is 3. The van der Waals surface area contributed by atoms with Crippen molar-refractivity contribution in [3.05, 3.63) is 30.1 Å². The monoisotopic (exact) mass is 310 g/mol. The lowest BCUT2D eigenvalue weighted by atomic mass is 10.1. The molecule has 1 atom stereocenters. The Hall–Kier alpha value is -2.67. The maximum Gasteiger partial charge on any atom is 0.248 e. The molecule has 1 aromatic carbocycles. The van der Waals surface area contributed by atoms with Crippen molar-refractivity contribution in [2.24, 2.45) is 11.5 Å². The molecule has 1 fully saturated rings. The first-order valence-corrected chi connectivity index (χ1v) is 7.70. The van der Waals surface area contributed by atoms with E-state index < -0.39 is 5.91 Å². The number of amides is 1. The van der Waals surface area contributed by atoms with E-state index in [1.807, 2.05) is 6.07 Å². The van der Waals surface area contributed by atoms with Gasteiger partial charge in [-0.25, -0.2) is 9.97 Å². The highest BCUT2D eigenvalue weighted by Crippen LogP contribution is 2.32. The Morgan fingerprint density at radius 3 is 3.00 bits per heavy atom. The molecule has 7 heteroatoms. The molecule has 1 aliphatic heterocycles. The molecule has 0 radical (unpaired) electrons. The number of primary amides is 1. The van der Waals surface area contributed by atoms with Crippen molar-refractivity contribution in [2.45, 2.75) is 18.9 Å². The van der Waals surface area contributed by atoms with Crippen LogP contribution in [-0.2, 0) is 0 Å². The van der Waals surface area contributed by atoms with Gasteiger partial charge in [-0.2, -0.15) is 0 Å². The Kier molecular flexibility index (Phi) is 3.16. The summed E-state index contributed by atoms with van der Waals surface area (Å²) < 4.78 is 0. The highest BCUT2D eigenvalue weighted by Gasteiger charge is 2.22. The maximum atomic E-state index is 11.5. The number of piperidine rings is 1. The number of carbonyl (C=O) groups excluding carboxylic acids is 1. The van der Waals surface area contributed by atoms with Crippen molar-refractivity contribution < 1.29 is 4.79 Å². The lowest BCUT2D eigenvalue weighted by Crippen LogP contribution is -2.43. The van der Waals surface area contributed by atoms with E-state index in [0.29, 0.717) is 5.56 Å². The van der Waals surface area contributed by atoms with E-state index >= 15 is 0 Å². The Labute approximate surface area is 132 Å². The summed E-state index contributed by atoms with van der Waals surface area (Å²) in [6.07, 6.45) is 3.63. The van der Waals surface area contributed by atoms with Crippen LogP contribution in [0.2, 0.25) is 0 Å². The van der Waals surface area contributed by atoms with Crippen LogP contribution in [0, 0.1) is 0 Å². The SMILES string of the molecule is NC(=O)c1ccc2[nH]c3ncnc(N4CCCC(N)C4)c3c2c1. The second-order valence-electron chi connectivity index (χ2n) is 6.02. The average Bonchev–Trinajstić information content (AvgIpc) is 2.92. The highest BCUT2D eigenvalue weighted by molar-refractivity contribution is 6.13. The van der Waals surface area contributed by atoms with E-state index in [0.717, 1.165) is 53.7 Å². The number of nitrogens with two attached hydrogens (primary N) is 2. The predicted octanol–water partition coefficient (Wildman–Crippen LogP) is 1.14. The third kappa shape index (κ3) is 2.29. The number of hydrogen-bond donors (Lipinski definition) is 3. The third-order valence-corrected chi connectivity index (χ3v) is 4.41. The molecule has 0 aliphatic carbocycles. The van der Waals surface area contributed by atoms with E-state index in [2.05, 4.69) is 19.9 Å². The Balaban J connectivity index is 1.95. The fourth-order valence-electron chi connectivity index (χ4n) is 3.30. The Bertz CT molecular complexity index is 902. The van der Waals surface area contributed by atoms with Crippen molar-refractivity contribution in [3.63, 3.8) is 0 Å². The van der Waals surface area contributed by atoms with Crippen LogP contribution >= 0.6 is 0 Å². The van der Waals surface area contributed by atoms with Crippen LogP contribution in [0.15, 0.2) is 24.5 Å². The minimum Gasteiger partial charge on any atom is -0.366 e. The molecule has 2 aromatic heterocycles. The maximum absolute atomic E-state index is 11.5. The van der Waals surface area contributed by atoms with Crippen LogP contribution in [0.3, 0.4) is 0 Å². The van der Waals surface area contributed by atoms with Gasteiger partial charge in [0.1, 0.15) is 17.8 Å². The van der Waals surface area contributed by atoms with Crippen molar-refractivity contribution >= 4 is 33.7 Å². The molecular formula is C16H18N6O. The van der Waals surface area contributed by atoms with Crippen LogP contribution < -0.4 is 16.4 Å². The number of benzene rings is 1. The average molecular weight is 310 g/mol. The van der Waals surface area contributed by atoms with Gasteiger partial charge in [-0.15, -0.1) is 0 Å². The van der Waals surface area contributed by atoms with Gasteiger partial charge in [-0.3, -0.25) is 4.79 Å². The fourth-order valence-corrected chi connectivity index (χ4v) is 3.30. The van der Waals surface area contributed by atoms with Gasteiger partial charge < -0.3 is 21.4 Å². The van der Waals surface area contributed by atoms with Gasteiger partial charge in [-0.05, 0) is 31.0 Å². The second-order valence-corrected chi connectivity index (χ2v) is 6.02. The number of nitrogens with zero attached hydrogens (tertiary/aromatic N) is 3. The summed E-state index contributed by atoms with van der Waals surface area (Å²) in [5.41, 5.74) is 13.7. The number of rotatable bonds is 2. The topological polar surface area (TPSA) is 114 Å². The van der Waals surface area contributed by atoms with Gasteiger partial charge in [0.25, 0.3) is 0 Å². The Morgan fingerprint density at radius 2 is 2.22 bits per heavy atom. The van der Waals surface area contributed by atoms with Crippen molar-refractivity contribution in [2.75, 3.05) is 18.0 Å². The van der Waals surface area contributed by atoms with E-state index in [4.69, 9.17) is 11.5 Å². The van der Waals surface area contributed by atoms with Crippen molar-refractivity contribution in [1.82, 2.24) is 15.0 Å². The molecule has 118 valence electrons. The number of aromatic nitrogens is 3. The summed E-state index contributed by atoms with van der Waals surface area (Å²) in [4.78, 5) is 25.8. The normalized spacial score (nSPS) is 18.7. The quantitative estimate of drug-likeness (QED) is 0.656. The van der Waals surface area contributed by atoms with Crippen LogP contribution in [0.4, 0.5) is 5.82 Å². The number of aromatic amines is 1. The molecule has 1 amide bonds. The number of H-pyrrole nitrogens is 1. The van der Waals surface area contributed by atoms with Crippen LogP contribution in [-0.4, -0.2) is 40.0 Å². The molecule has 4 rings (SSSR count). The molecule has 1 aliphatic rings. The van der Waals surface area contributed by atoms with E-state index in [-0.39, 0.29) is 6.04 Å². The number of nitrogens with one attached hydrogen (secondary N) is 1. The van der Waals surface area contributed by atoms with Crippen molar-refractivity contribution in [3.8, 4) is 0 Å². The zero-order chi connectivity index (χ0) is 16.0. The molecule has 23 heavy (non-hydrogen) atoms. The number of hydrogen-bond acceptors (Lipinski definition) is 5. The molecule has 5 N–H and O–H groups in total. The summed E-state index contributed by atoms with van der Waals surface area (Å²) in [5, 5.41) is 1.82. The smallest absolute Gasteiger partial charge is 0.248 e. The summed E-state index contributed by atoms with van der Waals surface area (Å²) in [6, 6.07) is 5.51. The summed E-state index contributed by atoms with van der Waals surface area (Å²) >= 11 is 0. The predicted molar refractivity (Wildman–Crippen MR) is 89.3 cm³/mol. The van der Waals surface area contributed by atoms with E-state index in [1.165, 1.54) is 0 Å². The van der Waals surface area contributed by atoms with Gasteiger partial charge >= 0.3 is 0 Å². The van der Waals surface area contributed by atoms with Gasteiger partial charge in [0, 0.05) is 35.6 Å². The molecule has 0 bridgehead atoms. The summed E-state index contributed by atoms with van der Waals surface area (Å²) in [7, 11) is 0. The molecular weight excluding hydrogens is 292 g/mol.